The lowest BCUT2D eigenvalue weighted by atomic mass is 10.2. The highest BCUT2D eigenvalue weighted by Crippen LogP contribution is 2.26. The van der Waals surface area contributed by atoms with Crippen LogP contribution in [0.1, 0.15) is 5.56 Å². The molecule has 2 aromatic heterocycles. The molecule has 0 fully saturated rings. The number of rotatable bonds is 4. The Kier molecular flexibility index (Phi) is 4.37. The molecule has 2 N–H and O–H groups in total. The quantitative estimate of drug-likeness (QED) is 0.504. The van der Waals surface area contributed by atoms with Gasteiger partial charge in [0.25, 0.3) is 0 Å². The summed E-state index contributed by atoms with van der Waals surface area (Å²) in [5, 5.41) is 8.30. The van der Waals surface area contributed by atoms with Gasteiger partial charge >= 0.3 is 0 Å². The fraction of sp³-hybridized carbons (Fsp3) is 0.0500. The van der Waals surface area contributed by atoms with Crippen LogP contribution in [0.5, 0.6) is 0 Å². The van der Waals surface area contributed by atoms with E-state index in [1.54, 1.807) is 12.4 Å². The first kappa shape index (κ1) is 16.3. The molecule has 4 aromatic rings. The highest BCUT2D eigenvalue weighted by atomic mass is 35.5. The minimum Gasteiger partial charge on any atom is -0.338 e. The van der Waals surface area contributed by atoms with Crippen molar-refractivity contribution in [1.29, 1.82) is 0 Å². The molecule has 5 nitrogen and oxygen atoms in total. The molecule has 0 unspecified atom stereocenters. The van der Waals surface area contributed by atoms with Crippen LogP contribution in [0.3, 0.4) is 0 Å². The number of para-hydroxylation sites is 1. The summed E-state index contributed by atoms with van der Waals surface area (Å²) in [4.78, 5) is 13.3. The van der Waals surface area contributed by atoms with E-state index in [0.717, 1.165) is 27.8 Å². The summed E-state index contributed by atoms with van der Waals surface area (Å²) >= 11 is 6.17. The van der Waals surface area contributed by atoms with Crippen molar-refractivity contribution in [2.75, 3.05) is 10.6 Å². The lowest BCUT2D eigenvalue weighted by Crippen LogP contribution is -2.02. The third-order valence-electron chi connectivity index (χ3n) is 4.07. The molecule has 2 heterocycles. The predicted molar refractivity (Wildman–Crippen MR) is 107 cm³/mol. The van der Waals surface area contributed by atoms with Gasteiger partial charge in [-0.2, -0.15) is 4.98 Å². The van der Waals surface area contributed by atoms with Crippen molar-refractivity contribution in [3.8, 4) is 0 Å². The van der Waals surface area contributed by atoms with E-state index >= 15 is 0 Å². The summed E-state index contributed by atoms with van der Waals surface area (Å²) in [5.41, 5.74) is 3.62. The summed E-state index contributed by atoms with van der Waals surface area (Å²) in [6, 6.07) is 17.5. The fourth-order valence-electron chi connectivity index (χ4n) is 2.69. The molecule has 0 saturated heterocycles. The zero-order chi connectivity index (χ0) is 17.9. The molecule has 4 rings (SSSR count). The second-order valence-corrected chi connectivity index (χ2v) is 6.22. The number of hydrogen-bond donors (Lipinski definition) is 2. The van der Waals surface area contributed by atoms with Gasteiger partial charge in [-0.1, -0.05) is 35.9 Å². The van der Waals surface area contributed by atoms with Gasteiger partial charge in [0.1, 0.15) is 5.82 Å². The molecular weight excluding hydrogens is 346 g/mol. The van der Waals surface area contributed by atoms with Crippen molar-refractivity contribution in [2.45, 2.75) is 6.92 Å². The van der Waals surface area contributed by atoms with Crippen LogP contribution >= 0.6 is 11.6 Å². The minimum atomic E-state index is 0.494. The maximum absolute atomic E-state index is 6.17. The number of hydrogen-bond acceptors (Lipinski definition) is 5. The second-order valence-electron chi connectivity index (χ2n) is 5.81. The SMILES string of the molecule is Cc1c(Cl)cccc1Nc1nccc(Nc2cccc3cccnc23)n1. The van der Waals surface area contributed by atoms with Crippen LogP contribution in [0.25, 0.3) is 10.9 Å². The summed E-state index contributed by atoms with van der Waals surface area (Å²) in [7, 11) is 0. The molecule has 26 heavy (non-hydrogen) atoms. The number of nitrogens with zero attached hydrogens (tertiary/aromatic N) is 3. The summed E-state index contributed by atoms with van der Waals surface area (Å²) in [5.74, 6) is 1.17. The standard InChI is InChI=1S/C20H16ClN5/c1-13-15(21)7-3-8-16(13)25-20-23-12-10-18(26-20)24-17-9-2-5-14-6-4-11-22-19(14)17/h2-12H,1H3,(H2,23,24,25,26). The molecule has 0 bridgehead atoms. The highest BCUT2D eigenvalue weighted by molar-refractivity contribution is 6.31. The summed E-state index contributed by atoms with van der Waals surface area (Å²) in [6.07, 6.45) is 3.48. The third kappa shape index (κ3) is 3.30. The Morgan fingerprint density at radius 3 is 2.54 bits per heavy atom. The van der Waals surface area contributed by atoms with Gasteiger partial charge < -0.3 is 10.6 Å². The van der Waals surface area contributed by atoms with Gasteiger partial charge in [0, 0.05) is 28.5 Å². The maximum Gasteiger partial charge on any atom is 0.229 e. The largest absolute Gasteiger partial charge is 0.338 e. The van der Waals surface area contributed by atoms with E-state index in [1.165, 1.54) is 0 Å². The molecule has 0 aliphatic carbocycles. The molecule has 0 aliphatic heterocycles. The van der Waals surface area contributed by atoms with Crippen LogP contribution in [0, 0.1) is 6.92 Å². The molecule has 0 aliphatic rings. The van der Waals surface area contributed by atoms with E-state index in [2.05, 4.69) is 25.6 Å². The topological polar surface area (TPSA) is 62.7 Å². The number of benzene rings is 2. The van der Waals surface area contributed by atoms with Gasteiger partial charge in [0.05, 0.1) is 11.2 Å². The molecular formula is C20H16ClN5. The number of aromatic nitrogens is 3. The summed E-state index contributed by atoms with van der Waals surface area (Å²) in [6.45, 7) is 1.95. The van der Waals surface area contributed by atoms with Crippen molar-refractivity contribution in [2.24, 2.45) is 0 Å². The Bertz CT molecular complexity index is 1080. The molecule has 6 heteroatoms. The van der Waals surface area contributed by atoms with Gasteiger partial charge in [0.15, 0.2) is 0 Å². The Morgan fingerprint density at radius 1 is 0.808 bits per heavy atom. The minimum absolute atomic E-state index is 0.494. The Labute approximate surface area is 156 Å². The number of fused-ring (bicyclic) bond motifs is 1. The smallest absolute Gasteiger partial charge is 0.229 e. The summed E-state index contributed by atoms with van der Waals surface area (Å²) < 4.78 is 0. The van der Waals surface area contributed by atoms with Gasteiger partial charge in [-0.15, -0.1) is 0 Å². The zero-order valence-corrected chi connectivity index (χ0v) is 14.8. The number of halogens is 1. The second kappa shape index (κ2) is 6.98. The monoisotopic (exact) mass is 361 g/mol. The van der Waals surface area contributed by atoms with Crippen molar-refractivity contribution in [3.63, 3.8) is 0 Å². The van der Waals surface area contributed by atoms with Crippen molar-refractivity contribution in [3.05, 3.63) is 77.6 Å². The van der Waals surface area contributed by atoms with E-state index in [1.807, 2.05) is 61.5 Å². The van der Waals surface area contributed by atoms with Crippen LogP contribution in [-0.4, -0.2) is 15.0 Å². The van der Waals surface area contributed by atoms with Crippen LogP contribution in [0.15, 0.2) is 67.0 Å². The molecule has 128 valence electrons. The van der Waals surface area contributed by atoms with E-state index in [4.69, 9.17) is 11.6 Å². The lowest BCUT2D eigenvalue weighted by Gasteiger charge is -2.11. The molecule has 0 radical (unpaired) electrons. The van der Waals surface area contributed by atoms with Gasteiger partial charge in [-0.25, -0.2) is 4.98 Å². The first-order valence-corrected chi connectivity index (χ1v) is 8.54. The van der Waals surface area contributed by atoms with E-state index in [9.17, 15) is 0 Å². The van der Waals surface area contributed by atoms with E-state index in [0.29, 0.717) is 16.8 Å². The van der Waals surface area contributed by atoms with E-state index in [-0.39, 0.29) is 0 Å². The Hall–Kier alpha value is -3.18. The first-order chi connectivity index (χ1) is 12.7. The van der Waals surface area contributed by atoms with Gasteiger partial charge in [-0.3, -0.25) is 4.98 Å². The van der Waals surface area contributed by atoms with E-state index < -0.39 is 0 Å². The Morgan fingerprint density at radius 2 is 1.62 bits per heavy atom. The van der Waals surface area contributed by atoms with Crippen LogP contribution in [-0.2, 0) is 0 Å². The fourth-order valence-corrected chi connectivity index (χ4v) is 2.87. The average Bonchev–Trinajstić information content (AvgIpc) is 2.66. The van der Waals surface area contributed by atoms with Crippen molar-refractivity contribution in [1.82, 2.24) is 15.0 Å². The predicted octanol–water partition coefficient (Wildman–Crippen LogP) is 5.47. The zero-order valence-electron chi connectivity index (χ0n) is 14.1. The Balaban J connectivity index is 1.62. The van der Waals surface area contributed by atoms with Gasteiger partial charge in [0.2, 0.25) is 5.95 Å². The molecule has 0 amide bonds. The first-order valence-electron chi connectivity index (χ1n) is 8.17. The lowest BCUT2D eigenvalue weighted by molar-refractivity contribution is 1.16. The number of pyridine rings is 1. The maximum atomic E-state index is 6.17. The normalized spacial score (nSPS) is 10.7. The molecule has 2 aromatic carbocycles. The van der Waals surface area contributed by atoms with Crippen molar-refractivity contribution < 1.29 is 0 Å². The van der Waals surface area contributed by atoms with Crippen LogP contribution in [0.4, 0.5) is 23.1 Å². The number of anilines is 4. The third-order valence-corrected chi connectivity index (χ3v) is 4.47. The highest BCUT2D eigenvalue weighted by Gasteiger charge is 2.07. The van der Waals surface area contributed by atoms with Crippen molar-refractivity contribution >= 4 is 45.6 Å². The average molecular weight is 362 g/mol. The molecule has 0 atom stereocenters. The van der Waals surface area contributed by atoms with Crippen LogP contribution in [0.2, 0.25) is 5.02 Å². The van der Waals surface area contributed by atoms with Gasteiger partial charge in [-0.05, 0) is 42.8 Å². The number of nitrogens with one attached hydrogen (secondary N) is 2. The molecule has 0 saturated carbocycles. The molecule has 0 spiro atoms. The van der Waals surface area contributed by atoms with Crippen LogP contribution < -0.4 is 10.6 Å².